The van der Waals surface area contributed by atoms with Crippen molar-refractivity contribution in [3.05, 3.63) is 24.3 Å². The molecular weight excluding hydrogens is 703 g/mol. The van der Waals surface area contributed by atoms with E-state index in [1.54, 1.807) is 0 Å². The molecule has 0 saturated carbocycles. The van der Waals surface area contributed by atoms with E-state index in [0.717, 1.165) is 51.4 Å². The molecule has 0 saturated heterocycles. The summed E-state index contributed by atoms with van der Waals surface area (Å²) in [7, 11) is 5.53. The molecule has 0 aromatic rings. The van der Waals surface area contributed by atoms with Gasteiger partial charge < -0.3 is 23.8 Å². The van der Waals surface area contributed by atoms with Crippen molar-refractivity contribution >= 4 is 17.9 Å². The van der Waals surface area contributed by atoms with Gasteiger partial charge in [0.2, 0.25) is 0 Å². The molecule has 0 heterocycles. The summed E-state index contributed by atoms with van der Waals surface area (Å²) >= 11 is 0. The molecular formula is C48H90NO7+. The Balaban J connectivity index is 4.25. The van der Waals surface area contributed by atoms with Gasteiger partial charge in [0.1, 0.15) is 6.61 Å². The highest BCUT2D eigenvalue weighted by molar-refractivity contribution is 5.72. The van der Waals surface area contributed by atoms with Crippen LogP contribution < -0.4 is 0 Å². The first-order valence-corrected chi connectivity index (χ1v) is 23.4. The fourth-order valence-electron chi connectivity index (χ4n) is 6.90. The second kappa shape index (κ2) is 39.6. The molecule has 8 nitrogen and oxygen atoms in total. The number of allylic oxidation sites excluding steroid dienone is 4. The molecule has 0 rings (SSSR count). The van der Waals surface area contributed by atoms with Gasteiger partial charge in [-0.15, -0.1) is 0 Å². The van der Waals surface area contributed by atoms with Gasteiger partial charge in [-0.1, -0.05) is 154 Å². The van der Waals surface area contributed by atoms with Crippen molar-refractivity contribution in [2.45, 2.75) is 225 Å². The van der Waals surface area contributed by atoms with Crippen LogP contribution in [0.1, 0.15) is 213 Å². The largest absolute Gasteiger partial charge is 0.477 e. The molecule has 2 atom stereocenters. The van der Waals surface area contributed by atoms with E-state index in [1.165, 1.54) is 128 Å². The first-order valence-electron chi connectivity index (χ1n) is 23.4. The summed E-state index contributed by atoms with van der Waals surface area (Å²) in [5.41, 5.74) is 0. The van der Waals surface area contributed by atoms with Gasteiger partial charge >= 0.3 is 17.9 Å². The predicted molar refractivity (Wildman–Crippen MR) is 234 cm³/mol. The molecule has 0 aromatic heterocycles. The second-order valence-electron chi connectivity index (χ2n) is 17.0. The van der Waals surface area contributed by atoms with Crippen LogP contribution in [0.3, 0.4) is 0 Å². The van der Waals surface area contributed by atoms with Crippen LogP contribution in [0.15, 0.2) is 24.3 Å². The third kappa shape index (κ3) is 37.4. The van der Waals surface area contributed by atoms with Crippen molar-refractivity contribution in [2.75, 3.05) is 41.0 Å². The summed E-state index contributed by atoms with van der Waals surface area (Å²) in [4.78, 5) is 37.0. The minimum Gasteiger partial charge on any atom is -0.477 e. The standard InChI is InChI=1S/C48H89NO7/c1-6-8-10-12-14-16-18-20-21-22-23-24-25-26-27-29-30-32-34-36-38-46(50)55-43-44(42-54-41-40-45(48(52)53)49(3,4)5)56-47(51)39-37-35-33-31-28-19-17-15-13-11-9-7-2/h15,17,23-24,44-45H,6-14,16,18-22,25-43H2,1-5H3/p+1/b17-15+,24-23+. The average molecular weight is 793 g/mol. The molecule has 2 unspecified atom stereocenters. The topological polar surface area (TPSA) is 99.1 Å². The number of carbonyl (C=O) groups excluding carboxylic acids is 2. The highest BCUT2D eigenvalue weighted by Gasteiger charge is 2.31. The normalized spacial score (nSPS) is 13.1. The van der Waals surface area contributed by atoms with Crippen LogP contribution in [0.25, 0.3) is 0 Å². The van der Waals surface area contributed by atoms with E-state index in [2.05, 4.69) is 38.2 Å². The smallest absolute Gasteiger partial charge is 0.362 e. The molecule has 0 radical (unpaired) electrons. The molecule has 56 heavy (non-hydrogen) atoms. The van der Waals surface area contributed by atoms with Crippen molar-refractivity contribution < 1.29 is 38.2 Å². The number of unbranched alkanes of at least 4 members (excludes halogenated alkanes) is 24. The lowest BCUT2D eigenvalue weighted by Gasteiger charge is -2.31. The van der Waals surface area contributed by atoms with Crippen LogP contribution in [0.2, 0.25) is 0 Å². The van der Waals surface area contributed by atoms with E-state index in [0.29, 0.717) is 19.3 Å². The Kier molecular flexibility index (Phi) is 38.1. The fourth-order valence-corrected chi connectivity index (χ4v) is 6.90. The third-order valence-corrected chi connectivity index (χ3v) is 10.6. The zero-order valence-electron chi connectivity index (χ0n) is 37.3. The van der Waals surface area contributed by atoms with Gasteiger partial charge in [-0.05, 0) is 64.2 Å². The zero-order valence-corrected chi connectivity index (χ0v) is 37.3. The maximum absolute atomic E-state index is 12.7. The van der Waals surface area contributed by atoms with Crippen molar-refractivity contribution in [1.82, 2.24) is 0 Å². The van der Waals surface area contributed by atoms with E-state index in [9.17, 15) is 19.5 Å². The number of hydrogen-bond donors (Lipinski definition) is 1. The van der Waals surface area contributed by atoms with Crippen molar-refractivity contribution in [3.8, 4) is 0 Å². The van der Waals surface area contributed by atoms with Crippen LogP contribution in [0.4, 0.5) is 0 Å². The average Bonchev–Trinajstić information content (AvgIpc) is 3.15. The number of nitrogens with zero attached hydrogens (tertiary/aromatic N) is 1. The Morgan fingerprint density at radius 3 is 1.32 bits per heavy atom. The lowest BCUT2D eigenvalue weighted by atomic mass is 10.1. The number of hydrogen-bond acceptors (Lipinski definition) is 6. The molecule has 1 N–H and O–H groups in total. The van der Waals surface area contributed by atoms with Gasteiger partial charge in [0.15, 0.2) is 12.1 Å². The van der Waals surface area contributed by atoms with Crippen LogP contribution in [-0.2, 0) is 28.6 Å². The number of ether oxygens (including phenoxy) is 3. The van der Waals surface area contributed by atoms with E-state index in [4.69, 9.17) is 14.2 Å². The molecule has 0 aliphatic heterocycles. The summed E-state index contributed by atoms with van der Waals surface area (Å²) < 4.78 is 17.3. The minimum atomic E-state index is -0.876. The summed E-state index contributed by atoms with van der Waals surface area (Å²) in [6.07, 6.45) is 43.6. The Labute approximate surface area is 345 Å². The van der Waals surface area contributed by atoms with Gasteiger partial charge in [0, 0.05) is 19.3 Å². The molecule has 0 spiro atoms. The van der Waals surface area contributed by atoms with Crippen molar-refractivity contribution in [2.24, 2.45) is 0 Å². The predicted octanol–water partition coefficient (Wildman–Crippen LogP) is 12.9. The summed E-state index contributed by atoms with van der Waals surface area (Å²) in [6.45, 7) is 4.72. The number of carbonyl (C=O) groups is 3. The number of carboxylic acids is 1. The van der Waals surface area contributed by atoms with Crippen LogP contribution in [0.5, 0.6) is 0 Å². The Hall–Kier alpha value is -2.19. The number of likely N-dealkylation sites (N-methyl/N-ethyl adjacent to an activating group) is 1. The number of carboxylic acid groups (broad SMARTS) is 1. The maximum atomic E-state index is 12.7. The van der Waals surface area contributed by atoms with E-state index in [1.807, 2.05) is 21.1 Å². The molecule has 8 heteroatoms. The lowest BCUT2D eigenvalue weighted by Crippen LogP contribution is -2.50. The van der Waals surface area contributed by atoms with Crippen molar-refractivity contribution in [3.63, 3.8) is 0 Å². The number of rotatable bonds is 42. The minimum absolute atomic E-state index is 0.0537. The van der Waals surface area contributed by atoms with Gasteiger partial charge in [-0.2, -0.15) is 0 Å². The Morgan fingerprint density at radius 1 is 0.518 bits per heavy atom. The first kappa shape index (κ1) is 53.8. The molecule has 0 fully saturated rings. The van der Waals surface area contributed by atoms with Crippen LogP contribution in [0, 0.1) is 0 Å². The summed E-state index contributed by atoms with van der Waals surface area (Å²) in [6, 6.07) is -0.614. The summed E-state index contributed by atoms with van der Waals surface area (Å²) in [5, 5.41) is 9.62. The third-order valence-electron chi connectivity index (χ3n) is 10.6. The molecule has 0 amide bonds. The van der Waals surface area contributed by atoms with E-state index in [-0.39, 0.29) is 36.2 Å². The first-order chi connectivity index (χ1) is 27.1. The molecule has 0 aromatic carbocycles. The Morgan fingerprint density at radius 2 is 0.893 bits per heavy atom. The van der Waals surface area contributed by atoms with Gasteiger partial charge in [0.05, 0.1) is 34.4 Å². The highest BCUT2D eigenvalue weighted by Crippen LogP contribution is 2.15. The Bertz CT molecular complexity index is 973. The van der Waals surface area contributed by atoms with Gasteiger partial charge in [-0.3, -0.25) is 9.59 Å². The maximum Gasteiger partial charge on any atom is 0.362 e. The summed E-state index contributed by atoms with van der Waals surface area (Å²) in [5.74, 6) is -1.48. The number of esters is 2. The monoisotopic (exact) mass is 793 g/mol. The van der Waals surface area contributed by atoms with Crippen LogP contribution >= 0.6 is 0 Å². The van der Waals surface area contributed by atoms with E-state index < -0.39 is 18.1 Å². The second-order valence-corrected chi connectivity index (χ2v) is 17.0. The fraction of sp³-hybridized carbons (Fsp3) is 0.854. The van der Waals surface area contributed by atoms with Crippen molar-refractivity contribution in [1.29, 1.82) is 0 Å². The molecule has 328 valence electrons. The zero-order chi connectivity index (χ0) is 41.4. The lowest BCUT2D eigenvalue weighted by molar-refractivity contribution is -0.887. The number of aliphatic carboxylic acids is 1. The van der Waals surface area contributed by atoms with Gasteiger partial charge in [0.25, 0.3) is 0 Å². The highest BCUT2D eigenvalue weighted by atomic mass is 16.6. The SMILES string of the molecule is CCCCC/C=C/CCCCCCCC(=O)OC(COCCC(C(=O)O)[N+](C)(C)C)COC(=O)CCCCCCCCC/C=C/CCCCCCCCCCC. The molecule has 0 bridgehead atoms. The number of quaternary nitrogens is 1. The van der Waals surface area contributed by atoms with Crippen LogP contribution in [-0.4, -0.2) is 80.6 Å². The van der Waals surface area contributed by atoms with Gasteiger partial charge in [-0.25, -0.2) is 4.79 Å². The molecule has 0 aliphatic carbocycles. The van der Waals surface area contributed by atoms with E-state index >= 15 is 0 Å². The molecule has 0 aliphatic rings. The quantitative estimate of drug-likeness (QED) is 0.0284.